The minimum absolute atomic E-state index is 0.00857. The molecule has 1 aliphatic rings. The van der Waals surface area contributed by atoms with Crippen molar-refractivity contribution >= 4 is 5.91 Å². The average Bonchev–Trinajstić information content (AvgIpc) is 3.08. The van der Waals surface area contributed by atoms with Crippen LogP contribution in [-0.4, -0.2) is 53.9 Å². The predicted molar refractivity (Wildman–Crippen MR) is 110 cm³/mol. The Morgan fingerprint density at radius 3 is 2.62 bits per heavy atom. The fraction of sp³-hybridized carbons (Fsp3) is 0.435. The number of methoxy groups -OCH3 is 1. The highest BCUT2D eigenvalue weighted by Crippen LogP contribution is 2.46. The number of phenols is 1. The van der Waals surface area contributed by atoms with Crippen LogP contribution < -0.4 is 4.74 Å². The monoisotopic (exact) mass is 399 g/mol. The first-order valence-electron chi connectivity index (χ1n) is 9.79. The molecule has 6 heteroatoms. The summed E-state index contributed by atoms with van der Waals surface area (Å²) in [6, 6.07) is 15.0. The van der Waals surface area contributed by atoms with Crippen molar-refractivity contribution in [2.45, 2.75) is 32.5 Å². The minimum atomic E-state index is -0.625. The van der Waals surface area contributed by atoms with Gasteiger partial charge in [0.1, 0.15) is 6.61 Å². The number of aliphatic hydroxyl groups excluding tert-OH is 1. The summed E-state index contributed by atoms with van der Waals surface area (Å²) in [5.41, 5.74) is 1.35. The summed E-state index contributed by atoms with van der Waals surface area (Å²) < 4.78 is 10.7. The molecule has 0 spiro atoms. The third-order valence-electron chi connectivity index (χ3n) is 5.98. The van der Waals surface area contributed by atoms with Gasteiger partial charge in [-0.05, 0) is 30.2 Å². The van der Waals surface area contributed by atoms with Crippen LogP contribution in [0.4, 0.5) is 0 Å². The van der Waals surface area contributed by atoms with Gasteiger partial charge in [-0.1, -0.05) is 43.3 Å². The summed E-state index contributed by atoms with van der Waals surface area (Å²) in [6.07, 6.45) is -0.625. The van der Waals surface area contributed by atoms with Crippen LogP contribution in [-0.2, 0) is 16.1 Å². The molecule has 156 valence electrons. The first-order valence-corrected chi connectivity index (χ1v) is 9.79. The maximum absolute atomic E-state index is 12.7. The van der Waals surface area contributed by atoms with Gasteiger partial charge in [-0.25, -0.2) is 0 Å². The highest BCUT2D eigenvalue weighted by atomic mass is 16.5. The third kappa shape index (κ3) is 4.54. The number of carbonyl (C=O) groups is 1. The second kappa shape index (κ2) is 8.84. The molecule has 0 saturated carbocycles. The molecule has 1 aliphatic heterocycles. The average molecular weight is 399 g/mol. The van der Waals surface area contributed by atoms with Crippen LogP contribution in [0, 0.1) is 5.41 Å². The summed E-state index contributed by atoms with van der Waals surface area (Å²) in [5.74, 6) is 0.229. The Bertz CT molecular complexity index is 838. The van der Waals surface area contributed by atoms with Crippen molar-refractivity contribution < 1.29 is 24.5 Å². The van der Waals surface area contributed by atoms with Gasteiger partial charge in [0.05, 0.1) is 19.8 Å². The number of likely N-dealkylation sites (tertiary alicyclic amines) is 1. The summed E-state index contributed by atoms with van der Waals surface area (Å²) in [7, 11) is 1.50. The van der Waals surface area contributed by atoms with Gasteiger partial charge in [0.2, 0.25) is 5.91 Å². The number of amides is 1. The largest absolute Gasteiger partial charge is 0.504 e. The molecule has 2 aromatic carbocycles. The van der Waals surface area contributed by atoms with E-state index < -0.39 is 11.5 Å². The number of nitrogens with zero attached hydrogens (tertiary/aromatic N) is 1. The number of benzene rings is 2. The van der Waals surface area contributed by atoms with E-state index in [4.69, 9.17) is 9.47 Å². The number of ether oxygens (including phenoxy) is 2. The van der Waals surface area contributed by atoms with Crippen LogP contribution in [0.3, 0.4) is 0 Å². The Morgan fingerprint density at radius 1 is 1.28 bits per heavy atom. The molecule has 1 amide bonds. The van der Waals surface area contributed by atoms with Crippen molar-refractivity contribution in [3.05, 3.63) is 59.7 Å². The van der Waals surface area contributed by atoms with Gasteiger partial charge >= 0.3 is 0 Å². The Kier molecular flexibility index (Phi) is 6.45. The van der Waals surface area contributed by atoms with E-state index in [0.29, 0.717) is 25.4 Å². The number of rotatable bonds is 7. The lowest BCUT2D eigenvalue weighted by Crippen LogP contribution is -2.38. The van der Waals surface area contributed by atoms with Gasteiger partial charge in [-0.3, -0.25) is 4.79 Å². The van der Waals surface area contributed by atoms with Crippen molar-refractivity contribution in [2.75, 3.05) is 26.8 Å². The number of aromatic hydroxyl groups is 1. The lowest BCUT2D eigenvalue weighted by molar-refractivity contribution is -0.136. The van der Waals surface area contributed by atoms with Gasteiger partial charge in [-0.2, -0.15) is 0 Å². The van der Waals surface area contributed by atoms with Crippen LogP contribution in [0.15, 0.2) is 48.5 Å². The smallest absolute Gasteiger partial charge is 0.248 e. The Balaban J connectivity index is 1.70. The van der Waals surface area contributed by atoms with E-state index in [-0.39, 0.29) is 24.2 Å². The van der Waals surface area contributed by atoms with Crippen molar-refractivity contribution in [1.82, 2.24) is 4.90 Å². The quantitative estimate of drug-likeness (QED) is 0.748. The Hall–Kier alpha value is -2.57. The lowest BCUT2D eigenvalue weighted by atomic mass is 9.72. The zero-order valence-electron chi connectivity index (χ0n) is 17.2. The molecular formula is C23H29NO5. The maximum Gasteiger partial charge on any atom is 0.248 e. The molecule has 0 radical (unpaired) electrons. The van der Waals surface area contributed by atoms with E-state index in [1.165, 1.54) is 7.11 Å². The van der Waals surface area contributed by atoms with E-state index in [1.807, 2.05) is 43.3 Å². The Labute approximate surface area is 171 Å². The zero-order valence-corrected chi connectivity index (χ0v) is 17.2. The molecule has 29 heavy (non-hydrogen) atoms. The molecular weight excluding hydrogens is 370 g/mol. The second-order valence-corrected chi connectivity index (χ2v) is 7.92. The summed E-state index contributed by atoms with van der Waals surface area (Å²) in [4.78, 5) is 14.5. The molecule has 0 bridgehead atoms. The van der Waals surface area contributed by atoms with Crippen molar-refractivity contribution in [2.24, 2.45) is 5.41 Å². The second-order valence-electron chi connectivity index (χ2n) is 7.92. The van der Waals surface area contributed by atoms with E-state index in [1.54, 1.807) is 24.0 Å². The third-order valence-corrected chi connectivity index (χ3v) is 5.98. The SMILES string of the molecule is COc1ccc(C2CN(C(=O)COCc3ccccc3)CC2(C)C(C)O)cc1O. The van der Waals surface area contributed by atoms with E-state index in [0.717, 1.165) is 11.1 Å². The molecule has 3 unspecified atom stereocenters. The van der Waals surface area contributed by atoms with Crippen LogP contribution >= 0.6 is 0 Å². The first kappa shape index (κ1) is 21.1. The van der Waals surface area contributed by atoms with Gasteiger partial charge in [0.15, 0.2) is 11.5 Å². The van der Waals surface area contributed by atoms with Crippen molar-refractivity contribution in [3.63, 3.8) is 0 Å². The summed E-state index contributed by atoms with van der Waals surface area (Å²) in [5, 5.41) is 20.7. The summed E-state index contributed by atoms with van der Waals surface area (Å²) >= 11 is 0. The molecule has 0 aliphatic carbocycles. The normalized spacial score (nSPS) is 22.5. The maximum atomic E-state index is 12.7. The fourth-order valence-electron chi connectivity index (χ4n) is 3.96. The highest BCUT2D eigenvalue weighted by molar-refractivity contribution is 5.78. The summed E-state index contributed by atoms with van der Waals surface area (Å²) in [6.45, 7) is 4.98. The number of aliphatic hydroxyl groups is 1. The van der Waals surface area contributed by atoms with Crippen LogP contribution in [0.25, 0.3) is 0 Å². The van der Waals surface area contributed by atoms with Crippen molar-refractivity contribution in [1.29, 1.82) is 0 Å². The van der Waals surface area contributed by atoms with Crippen LogP contribution in [0.2, 0.25) is 0 Å². The number of hydrogen-bond acceptors (Lipinski definition) is 5. The molecule has 6 nitrogen and oxygen atoms in total. The van der Waals surface area contributed by atoms with Gasteiger partial charge < -0.3 is 24.6 Å². The fourth-order valence-corrected chi connectivity index (χ4v) is 3.96. The van der Waals surface area contributed by atoms with Gasteiger partial charge in [0, 0.05) is 24.4 Å². The van der Waals surface area contributed by atoms with E-state index >= 15 is 0 Å². The molecule has 2 aromatic rings. The van der Waals surface area contributed by atoms with Gasteiger partial charge in [0.25, 0.3) is 0 Å². The van der Waals surface area contributed by atoms with Crippen LogP contribution in [0.1, 0.15) is 30.9 Å². The first-order chi connectivity index (χ1) is 13.8. The zero-order chi connectivity index (χ0) is 21.0. The van der Waals surface area contributed by atoms with E-state index in [2.05, 4.69) is 0 Å². The van der Waals surface area contributed by atoms with Gasteiger partial charge in [-0.15, -0.1) is 0 Å². The predicted octanol–water partition coefficient (Wildman–Crippen LogP) is 2.93. The molecule has 0 aromatic heterocycles. The topological polar surface area (TPSA) is 79.2 Å². The molecule has 1 fully saturated rings. The lowest BCUT2D eigenvalue weighted by Gasteiger charge is -2.33. The molecule has 3 atom stereocenters. The number of hydrogen-bond donors (Lipinski definition) is 2. The standard InChI is InChI=1S/C23H29NO5/c1-16(25)23(2)15-24(22(27)14-29-13-17-7-5-4-6-8-17)12-19(23)18-9-10-21(28-3)20(26)11-18/h4-11,16,19,25-26H,12-15H2,1-3H3. The van der Waals surface area contributed by atoms with Crippen molar-refractivity contribution in [3.8, 4) is 11.5 Å². The molecule has 1 heterocycles. The van der Waals surface area contributed by atoms with E-state index in [9.17, 15) is 15.0 Å². The molecule has 3 rings (SSSR count). The molecule has 2 N–H and O–H groups in total. The Morgan fingerprint density at radius 2 is 2.00 bits per heavy atom. The van der Waals surface area contributed by atoms with Crippen LogP contribution in [0.5, 0.6) is 11.5 Å². The highest BCUT2D eigenvalue weighted by Gasteiger charge is 2.48. The number of carbonyl (C=O) groups excluding carboxylic acids is 1. The minimum Gasteiger partial charge on any atom is -0.504 e. The number of phenolic OH excluding ortho intramolecular Hbond substituents is 1. The molecule has 1 saturated heterocycles.